The maximum atomic E-state index is 12.2. The van der Waals surface area contributed by atoms with Crippen molar-refractivity contribution in [3.05, 3.63) is 0 Å². The molecular formula is C14H20O3. The zero-order chi connectivity index (χ0) is 12.0. The van der Waals surface area contributed by atoms with E-state index in [1.54, 1.807) is 0 Å². The highest BCUT2D eigenvalue weighted by molar-refractivity contribution is 5.85. The molecule has 0 aromatic heterocycles. The number of ketones is 1. The molecule has 0 aromatic carbocycles. The van der Waals surface area contributed by atoms with E-state index in [-0.39, 0.29) is 23.2 Å². The van der Waals surface area contributed by atoms with E-state index in [4.69, 9.17) is 4.74 Å². The summed E-state index contributed by atoms with van der Waals surface area (Å²) in [5, 5.41) is 0. The average Bonchev–Trinajstić information content (AvgIpc) is 2.28. The molecule has 3 rings (SSSR count). The van der Waals surface area contributed by atoms with Crippen LogP contribution in [0.1, 0.15) is 45.4 Å². The minimum Gasteiger partial charge on any atom is -0.465 e. The van der Waals surface area contributed by atoms with Crippen LogP contribution in [0, 0.1) is 23.2 Å². The van der Waals surface area contributed by atoms with Gasteiger partial charge < -0.3 is 4.74 Å². The van der Waals surface area contributed by atoms with Crippen LogP contribution in [0.25, 0.3) is 0 Å². The summed E-state index contributed by atoms with van der Waals surface area (Å²) in [5.41, 5.74) is -0.115. The Balaban J connectivity index is 1.96. The van der Waals surface area contributed by atoms with Crippen molar-refractivity contribution in [2.75, 3.05) is 6.61 Å². The third-order valence-electron chi connectivity index (χ3n) is 5.32. The van der Waals surface area contributed by atoms with Gasteiger partial charge in [0.05, 0.1) is 12.5 Å². The second-order valence-electron chi connectivity index (χ2n) is 6.15. The van der Waals surface area contributed by atoms with E-state index >= 15 is 0 Å². The quantitative estimate of drug-likeness (QED) is 0.606. The molecule has 1 aliphatic heterocycles. The third-order valence-corrected chi connectivity index (χ3v) is 5.32. The molecule has 0 amide bonds. The minimum absolute atomic E-state index is 0.0282. The molecule has 0 spiro atoms. The molecule has 0 aromatic rings. The Hall–Kier alpha value is -0.860. The van der Waals surface area contributed by atoms with Gasteiger partial charge in [0, 0.05) is 12.3 Å². The van der Waals surface area contributed by atoms with Crippen molar-refractivity contribution in [3.8, 4) is 0 Å². The molecule has 4 atom stereocenters. The predicted molar refractivity (Wildman–Crippen MR) is 62.2 cm³/mol. The minimum atomic E-state index is -0.115. The SMILES string of the molecule is C[C@]12CCOC(=O)C1CCC1CCCC(=O)C12. The smallest absolute Gasteiger partial charge is 0.309 e. The van der Waals surface area contributed by atoms with Crippen LogP contribution in [0.4, 0.5) is 0 Å². The molecule has 3 nitrogen and oxygen atoms in total. The number of carbonyl (C=O) groups is 2. The van der Waals surface area contributed by atoms with Gasteiger partial charge in [0.25, 0.3) is 0 Å². The molecule has 3 fully saturated rings. The first-order valence-corrected chi connectivity index (χ1v) is 6.82. The number of Topliss-reactive ketones (excluding diaryl/α,β-unsaturated/α-hetero) is 1. The fraction of sp³-hybridized carbons (Fsp3) is 0.857. The predicted octanol–water partition coefficient (Wildman–Crippen LogP) is 2.33. The highest BCUT2D eigenvalue weighted by Crippen LogP contribution is 2.55. The number of hydrogen-bond acceptors (Lipinski definition) is 3. The van der Waals surface area contributed by atoms with Crippen LogP contribution in [-0.4, -0.2) is 18.4 Å². The molecule has 0 N–H and O–H groups in total. The van der Waals surface area contributed by atoms with Gasteiger partial charge in [0.1, 0.15) is 5.78 Å². The van der Waals surface area contributed by atoms with Crippen molar-refractivity contribution >= 4 is 11.8 Å². The molecule has 17 heavy (non-hydrogen) atoms. The number of carbonyl (C=O) groups excluding carboxylic acids is 2. The summed E-state index contributed by atoms with van der Waals surface area (Å²) < 4.78 is 5.18. The second-order valence-corrected chi connectivity index (χ2v) is 6.15. The normalized spacial score (nSPS) is 45.8. The third kappa shape index (κ3) is 1.54. The zero-order valence-corrected chi connectivity index (χ0v) is 10.4. The van der Waals surface area contributed by atoms with Gasteiger partial charge in [0.15, 0.2) is 0 Å². The molecule has 0 bridgehead atoms. The van der Waals surface area contributed by atoms with Crippen LogP contribution in [0.2, 0.25) is 0 Å². The van der Waals surface area contributed by atoms with E-state index < -0.39 is 0 Å². The molecule has 1 heterocycles. The van der Waals surface area contributed by atoms with Crippen molar-refractivity contribution in [2.24, 2.45) is 23.2 Å². The topological polar surface area (TPSA) is 43.4 Å². The highest BCUT2D eigenvalue weighted by Gasteiger charge is 2.56. The van der Waals surface area contributed by atoms with Crippen LogP contribution in [-0.2, 0) is 14.3 Å². The first-order chi connectivity index (χ1) is 8.13. The summed E-state index contributed by atoms with van der Waals surface area (Å²) in [6.07, 6.45) is 5.77. The molecule has 3 aliphatic rings. The number of rotatable bonds is 0. The average molecular weight is 236 g/mol. The van der Waals surface area contributed by atoms with Crippen LogP contribution in [0.5, 0.6) is 0 Å². The molecule has 1 saturated heterocycles. The summed E-state index contributed by atoms with van der Waals surface area (Å²) in [6, 6.07) is 0. The van der Waals surface area contributed by atoms with Crippen molar-refractivity contribution in [3.63, 3.8) is 0 Å². The molecule has 0 radical (unpaired) electrons. The molecule has 3 unspecified atom stereocenters. The van der Waals surface area contributed by atoms with Gasteiger partial charge in [-0.05, 0) is 43.4 Å². The van der Waals surface area contributed by atoms with Crippen LogP contribution < -0.4 is 0 Å². The summed E-state index contributed by atoms with van der Waals surface area (Å²) in [4.78, 5) is 24.1. The molecule has 94 valence electrons. The van der Waals surface area contributed by atoms with Gasteiger partial charge in [-0.1, -0.05) is 6.92 Å². The number of esters is 1. The van der Waals surface area contributed by atoms with E-state index in [1.165, 1.54) is 6.42 Å². The van der Waals surface area contributed by atoms with Crippen molar-refractivity contribution in [2.45, 2.75) is 45.4 Å². The van der Waals surface area contributed by atoms with E-state index in [0.29, 0.717) is 18.3 Å². The first-order valence-electron chi connectivity index (χ1n) is 6.82. The number of fused-ring (bicyclic) bond motifs is 3. The van der Waals surface area contributed by atoms with Crippen molar-refractivity contribution < 1.29 is 14.3 Å². The largest absolute Gasteiger partial charge is 0.465 e. The van der Waals surface area contributed by atoms with Crippen molar-refractivity contribution in [1.82, 2.24) is 0 Å². The maximum absolute atomic E-state index is 12.2. The second kappa shape index (κ2) is 3.82. The lowest BCUT2D eigenvalue weighted by Gasteiger charge is -2.52. The highest BCUT2D eigenvalue weighted by atomic mass is 16.5. The van der Waals surface area contributed by atoms with Crippen LogP contribution >= 0.6 is 0 Å². The fourth-order valence-corrected chi connectivity index (χ4v) is 4.46. The standard InChI is InChI=1S/C14H20O3/c1-14-7-8-17-13(16)10(14)6-5-9-3-2-4-11(15)12(9)14/h9-10,12H,2-8H2,1H3/t9?,10?,12?,14-/m0/s1. The Morgan fingerprint density at radius 2 is 2.06 bits per heavy atom. The van der Waals surface area contributed by atoms with Gasteiger partial charge in [-0.3, -0.25) is 9.59 Å². The lowest BCUT2D eigenvalue weighted by atomic mass is 9.52. The summed E-state index contributed by atoms with van der Waals surface area (Å²) in [5.74, 6) is 0.976. The van der Waals surface area contributed by atoms with E-state index in [0.717, 1.165) is 32.1 Å². The first kappa shape index (κ1) is 11.2. The van der Waals surface area contributed by atoms with Gasteiger partial charge in [-0.25, -0.2) is 0 Å². The Bertz CT molecular complexity index is 362. The number of hydrogen-bond donors (Lipinski definition) is 0. The summed E-state index contributed by atoms with van der Waals surface area (Å²) in [6.45, 7) is 2.65. The molecular weight excluding hydrogens is 216 g/mol. The fourth-order valence-electron chi connectivity index (χ4n) is 4.46. The van der Waals surface area contributed by atoms with Crippen LogP contribution in [0.15, 0.2) is 0 Å². The molecule has 2 aliphatic carbocycles. The van der Waals surface area contributed by atoms with E-state index in [9.17, 15) is 9.59 Å². The van der Waals surface area contributed by atoms with Gasteiger partial charge in [-0.15, -0.1) is 0 Å². The van der Waals surface area contributed by atoms with Gasteiger partial charge in [0.2, 0.25) is 0 Å². The Kier molecular flexibility index (Phi) is 2.53. The Morgan fingerprint density at radius 1 is 1.24 bits per heavy atom. The lowest BCUT2D eigenvalue weighted by molar-refractivity contribution is -0.176. The van der Waals surface area contributed by atoms with E-state index in [1.807, 2.05) is 0 Å². The summed E-state index contributed by atoms with van der Waals surface area (Å²) in [7, 11) is 0. The monoisotopic (exact) mass is 236 g/mol. The number of ether oxygens (including phenoxy) is 1. The van der Waals surface area contributed by atoms with Gasteiger partial charge in [-0.2, -0.15) is 0 Å². The Labute approximate surface area is 102 Å². The molecule has 3 heteroatoms. The lowest BCUT2D eigenvalue weighted by Crippen LogP contribution is -2.54. The summed E-state index contributed by atoms with van der Waals surface area (Å²) >= 11 is 0. The zero-order valence-electron chi connectivity index (χ0n) is 10.4. The maximum Gasteiger partial charge on any atom is 0.309 e. The number of cyclic esters (lactones) is 1. The Morgan fingerprint density at radius 3 is 2.88 bits per heavy atom. The van der Waals surface area contributed by atoms with E-state index in [2.05, 4.69) is 6.92 Å². The van der Waals surface area contributed by atoms with Crippen molar-refractivity contribution in [1.29, 1.82) is 0 Å². The van der Waals surface area contributed by atoms with Gasteiger partial charge >= 0.3 is 5.97 Å². The molecule has 2 saturated carbocycles. The van der Waals surface area contributed by atoms with Crippen LogP contribution in [0.3, 0.4) is 0 Å².